The summed E-state index contributed by atoms with van der Waals surface area (Å²) in [5, 5.41) is 12.6. The van der Waals surface area contributed by atoms with Gasteiger partial charge in [-0.15, -0.1) is 0 Å². The molecule has 0 unspecified atom stereocenters. The Kier molecular flexibility index (Phi) is 4.54. The number of nitrogens with one attached hydrogen (secondary N) is 1. The Morgan fingerprint density at radius 3 is 2.85 bits per heavy atom. The van der Waals surface area contributed by atoms with Gasteiger partial charge in [-0.2, -0.15) is 5.26 Å². The second-order valence-corrected chi connectivity index (χ2v) is 4.83. The van der Waals surface area contributed by atoms with Crippen LogP contribution in [0.5, 0.6) is 0 Å². The first-order chi connectivity index (χ1) is 9.63. The van der Waals surface area contributed by atoms with Crippen molar-refractivity contribution in [2.45, 2.75) is 26.7 Å². The van der Waals surface area contributed by atoms with Gasteiger partial charge in [0.25, 0.3) is 0 Å². The Labute approximate surface area is 123 Å². The molecule has 1 heterocycles. The van der Waals surface area contributed by atoms with Crippen LogP contribution in [0.1, 0.15) is 30.3 Å². The van der Waals surface area contributed by atoms with Crippen molar-refractivity contribution in [2.24, 2.45) is 0 Å². The summed E-state index contributed by atoms with van der Waals surface area (Å²) in [6.45, 7) is 3.94. The molecule has 0 aliphatic rings. The van der Waals surface area contributed by atoms with Crippen LogP contribution in [0.2, 0.25) is 5.15 Å². The maximum absolute atomic E-state index is 8.92. The number of hydrogen-bond acceptors (Lipinski definition) is 4. The van der Waals surface area contributed by atoms with E-state index in [2.05, 4.69) is 28.3 Å². The molecule has 2 rings (SSSR count). The molecule has 1 aromatic heterocycles. The SMILES string of the molecule is CCCc1nc(Cl)c(C)c(Nc2cccc(C#N)c2)n1. The Hall–Kier alpha value is -2.12. The number of nitriles is 1. The molecule has 0 saturated heterocycles. The van der Waals surface area contributed by atoms with Gasteiger partial charge in [0.2, 0.25) is 0 Å². The number of aryl methyl sites for hydroxylation is 1. The van der Waals surface area contributed by atoms with Crippen molar-refractivity contribution in [3.05, 3.63) is 46.4 Å². The van der Waals surface area contributed by atoms with E-state index in [4.69, 9.17) is 16.9 Å². The van der Waals surface area contributed by atoms with Gasteiger partial charge >= 0.3 is 0 Å². The molecule has 0 bridgehead atoms. The van der Waals surface area contributed by atoms with Crippen LogP contribution < -0.4 is 5.32 Å². The maximum atomic E-state index is 8.92. The summed E-state index contributed by atoms with van der Waals surface area (Å²) in [6.07, 6.45) is 1.75. The Bertz CT molecular complexity index is 661. The van der Waals surface area contributed by atoms with Crippen molar-refractivity contribution in [3.63, 3.8) is 0 Å². The van der Waals surface area contributed by atoms with Gasteiger partial charge in [0.1, 0.15) is 16.8 Å². The Morgan fingerprint density at radius 1 is 1.35 bits per heavy atom. The highest BCUT2D eigenvalue weighted by molar-refractivity contribution is 6.30. The van der Waals surface area contributed by atoms with Crippen LogP contribution in [-0.2, 0) is 6.42 Å². The number of aromatic nitrogens is 2. The minimum Gasteiger partial charge on any atom is -0.340 e. The number of rotatable bonds is 4. The summed E-state index contributed by atoms with van der Waals surface area (Å²) in [7, 11) is 0. The van der Waals surface area contributed by atoms with Crippen molar-refractivity contribution in [1.82, 2.24) is 9.97 Å². The van der Waals surface area contributed by atoms with Crippen LogP contribution in [0.15, 0.2) is 24.3 Å². The van der Waals surface area contributed by atoms with Crippen LogP contribution in [0, 0.1) is 18.3 Å². The molecule has 4 nitrogen and oxygen atoms in total. The molecule has 5 heteroatoms. The molecular formula is C15H15ClN4. The minimum atomic E-state index is 0.461. The molecule has 1 N–H and O–H groups in total. The van der Waals surface area contributed by atoms with Gasteiger partial charge in [0.05, 0.1) is 11.6 Å². The van der Waals surface area contributed by atoms with E-state index in [1.54, 1.807) is 12.1 Å². The molecule has 0 aliphatic carbocycles. The van der Waals surface area contributed by atoms with Gasteiger partial charge < -0.3 is 5.32 Å². The molecule has 0 spiro atoms. The van der Waals surface area contributed by atoms with Gasteiger partial charge in [-0.1, -0.05) is 24.6 Å². The lowest BCUT2D eigenvalue weighted by Gasteiger charge is -2.11. The molecule has 102 valence electrons. The summed E-state index contributed by atoms with van der Waals surface area (Å²) in [4.78, 5) is 8.74. The lowest BCUT2D eigenvalue weighted by molar-refractivity contribution is 0.833. The molecule has 0 fully saturated rings. The summed E-state index contributed by atoms with van der Waals surface area (Å²) in [5.41, 5.74) is 2.21. The highest BCUT2D eigenvalue weighted by Gasteiger charge is 2.09. The highest BCUT2D eigenvalue weighted by atomic mass is 35.5. The van der Waals surface area contributed by atoms with E-state index in [0.717, 1.165) is 29.9 Å². The predicted molar refractivity (Wildman–Crippen MR) is 80.2 cm³/mol. The van der Waals surface area contributed by atoms with E-state index in [1.165, 1.54) is 0 Å². The average molecular weight is 287 g/mol. The molecule has 0 saturated carbocycles. The lowest BCUT2D eigenvalue weighted by atomic mass is 10.2. The number of hydrogen-bond donors (Lipinski definition) is 1. The fourth-order valence-electron chi connectivity index (χ4n) is 1.79. The largest absolute Gasteiger partial charge is 0.340 e. The fraction of sp³-hybridized carbons (Fsp3) is 0.267. The lowest BCUT2D eigenvalue weighted by Crippen LogP contribution is -2.03. The van der Waals surface area contributed by atoms with Crippen LogP contribution in [0.4, 0.5) is 11.5 Å². The van der Waals surface area contributed by atoms with E-state index in [-0.39, 0.29) is 0 Å². The summed E-state index contributed by atoms with van der Waals surface area (Å²) < 4.78 is 0. The number of anilines is 2. The zero-order valence-corrected chi connectivity index (χ0v) is 12.2. The molecule has 2 aromatic rings. The average Bonchev–Trinajstić information content (AvgIpc) is 2.45. The van der Waals surface area contributed by atoms with E-state index in [1.807, 2.05) is 19.1 Å². The highest BCUT2D eigenvalue weighted by Crippen LogP contribution is 2.24. The molecule has 0 atom stereocenters. The van der Waals surface area contributed by atoms with Gasteiger partial charge in [-0.3, -0.25) is 0 Å². The predicted octanol–water partition coefficient (Wildman–Crippen LogP) is 4.01. The monoisotopic (exact) mass is 286 g/mol. The van der Waals surface area contributed by atoms with E-state index in [9.17, 15) is 0 Å². The topological polar surface area (TPSA) is 61.6 Å². The van der Waals surface area contributed by atoms with E-state index in [0.29, 0.717) is 16.5 Å². The Balaban J connectivity index is 2.34. The van der Waals surface area contributed by atoms with Gasteiger partial charge in [-0.25, -0.2) is 9.97 Å². The molecule has 1 aromatic carbocycles. The quantitative estimate of drug-likeness (QED) is 0.863. The normalized spacial score (nSPS) is 10.1. The van der Waals surface area contributed by atoms with E-state index >= 15 is 0 Å². The van der Waals surface area contributed by atoms with Crippen LogP contribution in [0.25, 0.3) is 0 Å². The third kappa shape index (κ3) is 3.25. The number of halogens is 1. The smallest absolute Gasteiger partial charge is 0.138 e. The summed E-state index contributed by atoms with van der Waals surface area (Å²) in [6, 6.07) is 9.35. The molecule has 20 heavy (non-hydrogen) atoms. The Morgan fingerprint density at radius 2 is 2.15 bits per heavy atom. The first-order valence-corrected chi connectivity index (χ1v) is 6.82. The van der Waals surface area contributed by atoms with Crippen LogP contribution in [0.3, 0.4) is 0 Å². The van der Waals surface area contributed by atoms with Crippen molar-refractivity contribution in [2.75, 3.05) is 5.32 Å². The number of nitrogens with zero attached hydrogens (tertiary/aromatic N) is 3. The molecule has 0 aliphatic heterocycles. The van der Waals surface area contributed by atoms with Crippen LogP contribution >= 0.6 is 11.6 Å². The molecular weight excluding hydrogens is 272 g/mol. The van der Waals surface area contributed by atoms with Crippen molar-refractivity contribution in [1.29, 1.82) is 5.26 Å². The zero-order valence-electron chi connectivity index (χ0n) is 11.4. The first kappa shape index (κ1) is 14.3. The number of benzene rings is 1. The fourth-order valence-corrected chi connectivity index (χ4v) is 1.98. The van der Waals surface area contributed by atoms with E-state index < -0.39 is 0 Å². The summed E-state index contributed by atoms with van der Waals surface area (Å²) >= 11 is 6.14. The second-order valence-electron chi connectivity index (χ2n) is 4.47. The van der Waals surface area contributed by atoms with Crippen LogP contribution in [-0.4, -0.2) is 9.97 Å². The van der Waals surface area contributed by atoms with Gasteiger partial charge in [-0.05, 0) is 31.5 Å². The third-order valence-electron chi connectivity index (χ3n) is 2.86. The molecule has 0 radical (unpaired) electrons. The first-order valence-electron chi connectivity index (χ1n) is 6.44. The van der Waals surface area contributed by atoms with Crippen molar-refractivity contribution < 1.29 is 0 Å². The van der Waals surface area contributed by atoms with Crippen molar-refractivity contribution in [3.8, 4) is 6.07 Å². The van der Waals surface area contributed by atoms with Crippen molar-refractivity contribution >= 4 is 23.1 Å². The van der Waals surface area contributed by atoms with Gasteiger partial charge in [0, 0.05) is 17.7 Å². The molecule has 0 amide bonds. The third-order valence-corrected chi connectivity index (χ3v) is 3.23. The van der Waals surface area contributed by atoms with Gasteiger partial charge in [0.15, 0.2) is 0 Å². The zero-order chi connectivity index (χ0) is 14.5. The minimum absolute atomic E-state index is 0.461. The standard InChI is InChI=1S/C15H15ClN4/c1-3-5-13-19-14(16)10(2)15(20-13)18-12-7-4-6-11(8-12)9-17/h4,6-8H,3,5H2,1-2H3,(H,18,19,20). The maximum Gasteiger partial charge on any atom is 0.138 e. The summed E-state index contributed by atoms with van der Waals surface area (Å²) in [5.74, 6) is 1.41. The second kappa shape index (κ2) is 6.36.